The zero-order valence-corrected chi connectivity index (χ0v) is 11.5. The van der Waals surface area contributed by atoms with E-state index in [4.69, 9.17) is 0 Å². The fourth-order valence-electron chi connectivity index (χ4n) is 2.86. The molecule has 0 spiro atoms. The van der Waals surface area contributed by atoms with E-state index in [2.05, 4.69) is 22.4 Å². The Morgan fingerprint density at radius 3 is 2.81 bits per heavy atom. The van der Waals surface area contributed by atoms with E-state index in [1.807, 2.05) is 48.7 Å². The first-order valence-corrected chi connectivity index (χ1v) is 7.24. The highest BCUT2D eigenvalue weighted by Crippen LogP contribution is 2.40. The molecule has 1 heterocycles. The number of nitrogens with one attached hydrogen (secondary N) is 2. The van der Waals surface area contributed by atoms with Gasteiger partial charge in [0.25, 0.3) is 5.91 Å². The second kappa shape index (κ2) is 4.77. The molecule has 0 bridgehead atoms. The van der Waals surface area contributed by atoms with Crippen molar-refractivity contribution in [3.05, 3.63) is 71.9 Å². The first kappa shape index (κ1) is 12.2. The largest absolute Gasteiger partial charge is 0.361 e. The fraction of sp³-hybridized carbons (Fsp3) is 0.167. The maximum Gasteiger partial charge on any atom is 0.251 e. The third-order valence-electron chi connectivity index (χ3n) is 4.15. The lowest BCUT2D eigenvalue weighted by atomic mass is 10.1. The van der Waals surface area contributed by atoms with Crippen LogP contribution in [0.25, 0.3) is 10.9 Å². The summed E-state index contributed by atoms with van der Waals surface area (Å²) in [5.41, 5.74) is 3.02. The zero-order valence-electron chi connectivity index (χ0n) is 11.5. The smallest absolute Gasteiger partial charge is 0.251 e. The van der Waals surface area contributed by atoms with Crippen LogP contribution in [0, 0.1) is 0 Å². The summed E-state index contributed by atoms with van der Waals surface area (Å²) >= 11 is 0. The molecule has 3 heteroatoms. The van der Waals surface area contributed by atoms with Crippen LogP contribution < -0.4 is 5.32 Å². The number of rotatable bonds is 3. The molecular formula is C18H16N2O. The predicted molar refractivity (Wildman–Crippen MR) is 83.4 cm³/mol. The van der Waals surface area contributed by atoms with Crippen LogP contribution in [0.5, 0.6) is 0 Å². The molecule has 0 radical (unpaired) electrons. The molecule has 2 aromatic carbocycles. The molecule has 1 saturated carbocycles. The second-order valence-electron chi connectivity index (χ2n) is 5.61. The highest BCUT2D eigenvalue weighted by atomic mass is 16.1. The van der Waals surface area contributed by atoms with Crippen molar-refractivity contribution >= 4 is 16.8 Å². The molecule has 104 valence electrons. The predicted octanol–water partition coefficient (Wildman–Crippen LogP) is 3.45. The molecule has 2 N–H and O–H groups in total. The van der Waals surface area contributed by atoms with Gasteiger partial charge in [0, 0.05) is 29.2 Å². The van der Waals surface area contributed by atoms with Crippen molar-refractivity contribution in [2.75, 3.05) is 0 Å². The SMILES string of the molecule is O=C(NC1CC1c1ccccc1)c1ccc2cc[nH]c2c1. The highest BCUT2D eigenvalue weighted by molar-refractivity contribution is 5.98. The van der Waals surface area contributed by atoms with Gasteiger partial charge in [0.05, 0.1) is 0 Å². The lowest BCUT2D eigenvalue weighted by Gasteiger charge is -2.05. The summed E-state index contributed by atoms with van der Waals surface area (Å²) in [5.74, 6) is 0.472. The van der Waals surface area contributed by atoms with E-state index >= 15 is 0 Å². The van der Waals surface area contributed by atoms with E-state index in [-0.39, 0.29) is 11.9 Å². The molecule has 1 amide bonds. The zero-order chi connectivity index (χ0) is 14.2. The van der Waals surface area contributed by atoms with Gasteiger partial charge in [-0.05, 0) is 35.6 Å². The minimum Gasteiger partial charge on any atom is -0.361 e. The van der Waals surface area contributed by atoms with Gasteiger partial charge in [0.1, 0.15) is 0 Å². The van der Waals surface area contributed by atoms with Crippen LogP contribution in [-0.2, 0) is 0 Å². The molecule has 2 unspecified atom stereocenters. The average Bonchev–Trinajstić information content (AvgIpc) is 3.12. The number of carbonyl (C=O) groups excluding carboxylic acids is 1. The minimum atomic E-state index is 0.00920. The number of hydrogen-bond acceptors (Lipinski definition) is 1. The molecule has 1 aliphatic rings. The number of H-pyrrole nitrogens is 1. The van der Waals surface area contributed by atoms with E-state index in [1.54, 1.807) is 0 Å². The average molecular weight is 276 g/mol. The van der Waals surface area contributed by atoms with Crippen molar-refractivity contribution < 1.29 is 4.79 Å². The molecule has 21 heavy (non-hydrogen) atoms. The van der Waals surface area contributed by atoms with Crippen molar-refractivity contribution in [1.29, 1.82) is 0 Å². The fourth-order valence-corrected chi connectivity index (χ4v) is 2.86. The second-order valence-corrected chi connectivity index (χ2v) is 5.61. The van der Waals surface area contributed by atoms with Crippen molar-refractivity contribution in [3.63, 3.8) is 0 Å². The molecule has 0 aliphatic heterocycles. The number of hydrogen-bond donors (Lipinski definition) is 2. The van der Waals surface area contributed by atoms with Gasteiger partial charge in [-0.2, -0.15) is 0 Å². The number of aromatic amines is 1. The van der Waals surface area contributed by atoms with E-state index in [9.17, 15) is 4.79 Å². The number of amides is 1. The number of aromatic nitrogens is 1. The van der Waals surface area contributed by atoms with Gasteiger partial charge in [-0.1, -0.05) is 36.4 Å². The van der Waals surface area contributed by atoms with Crippen LogP contribution >= 0.6 is 0 Å². The molecule has 3 nitrogen and oxygen atoms in total. The lowest BCUT2D eigenvalue weighted by Crippen LogP contribution is -2.26. The molecule has 1 fully saturated rings. The van der Waals surface area contributed by atoms with Crippen LogP contribution in [0.4, 0.5) is 0 Å². The van der Waals surface area contributed by atoms with Crippen LogP contribution in [0.3, 0.4) is 0 Å². The molecule has 4 rings (SSSR count). The summed E-state index contributed by atoms with van der Waals surface area (Å²) in [6.07, 6.45) is 2.92. The summed E-state index contributed by atoms with van der Waals surface area (Å²) in [6.45, 7) is 0. The summed E-state index contributed by atoms with van der Waals surface area (Å²) in [7, 11) is 0. The normalized spacial score (nSPS) is 20.4. The van der Waals surface area contributed by atoms with Crippen molar-refractivity contribution in [2.24, 2.45) is 0 Å². The van der Waals surface area contributed by atoms with E-state index in [0.717, 1.165) is 17.3 Å². The monoisotopic (exact) mass is 276 g/mol. The summed E-state index contributed by atoms with van der Waals surface area (Å²) in [6, 6.07) is 18.4. The molecule has 2 atom stereocenters. The lowest BCUT2D eigenvalue weighted by molar-refractivity contribution is 0.0950. The van der Waals surface area contributed by atoms with Crippen molar-refractivity contribution in [2.45, 2.75) is 18.4 Å². The van der Waals surface area contributed by atoms with E-state index < -0.39 is 0 Å². The number of benzene rings is 2. The van der Waals surface area contributed by atoms with E-state index in [1.165, 1.54) is 5.56 Å². The first-order valence-electron chi connectivity index (χ1n) is 7.24. The standard InChI is InChI=1S/C18H16N2O/c21-18(14-7-6-13-8-9-19-16(13)10-14)20-17-11-15(17)12-4-2-1-3-5-12/h1-10,15,17,19H,11H2,(H,20,21). The topological polar surface area (TPSA) is 44.9 Å². The molecule has 1 aliphatic carbocycles. The molecular weight excluding hydrogens is 260 g/mol. The van der Waals surface area contributed by atoms with Crippen LogP contribution in [0.2, 0.25) is 0 Å². The Labute approximate surface area is 123 Å². The molecule has 3 aromatic rings. The van der Waals surface area contributed by atoms with Crippen LogP contribution in [0.15, 0.2) is 60.8 Å². The van der Waals surface area contributed by atoms with Crippen LogP contribution in [-0.4, -0.2) is 16.9 Å². The first-order chi connectivity index (χ1) is 10.3. The van der Waals surface area contributed by atoms with Gasteiger partial charge in [0.15, 0.2) is 0 Å². The van der Waals surface area contributed by atoms with Crippen molar-refractivity contribution in [1.82, 2.24) is 10.3 Å². The third kappa shape index (κ3) is 2.31. The van der Waals surface area contributed by atoms with E-state index in [0.29, 0.717) is 11.5 Å². The summed E-state index contributed by atoms with van der Waals surface area (Å²) in [5, 5.41) is 4.25. The number of fused-ring (bicyclic) bond motifs is 1. The maximum atomic E-state index is 12.3. The third-order valence-corrected chi connectivity index (χ3v) is 4.15. The molecule has 1 aromatic heterocycles. The van der Waals surface area contributed by atoms with Gasteiger partial charge in [-0.25, -0.2) is 0 Å². The maximum absolute atomic E-state index is 12.3. The minimum absolute atomic E-state index is 0.00920. The quantitative estimate of drug-likeness (QED) is 0.756. The Morgan fingerprint density at radius 1 is 1.10 bits per heavy atom. The highest BCUT2D eigenvalue weighted by Gasteiger charge is 2.39. The summed E-state index contributed by atoms with van der Waals surface area (Å²) in [4.78, 5) is 15.5. The molecule has 0 saturated heterocycles. The van der Waals surface area contributed by atoms with Gasteiger partial charge < -0.3 is 10.3 Å². The van der Waals surface area contributed by atoms with Gasteiger partial charge >= 0.3 is 0 Å². The Kier molecular flexibility index (Phi) is 2.78. The Balaban J connectivity index is 1.47. The Bertz CT molecular complexity index is 791. The van der Waals surface area contributed by atoms with Gasteiger partial charge in [-0.3, -0.25) is 4.79 Å². The number of carbonyl (C=O) groups is 1. The summed E-state index contributed by atoms with van der Waals surface area (Å²) < 4.78 is 0. The van der Waals surface area contributed by atoms with Gasteiger partial charge in [-0.15, -0.1) is 0 Å². The van der Waals surface area contributed by atoms with Crippen molar-refractivity contribution in [3.8, 4) is 0 Å². The Morgan fingerprint density at radius 2 is 1.95 bits per heavy atom. The Hall–Kier alpha value is -2.55. The van der Waals surface area contributed by atoms with Gasteiger partial charge in [0.2, 0.25) is 0 Å². The van der Waals surface area contributed by atoms with Crippen LogP contribution in [0.1, 0.15) is 28.3 Å².